The predicted octanol–water partition coefficient (Wildman–Crippen LogP) is 4.73. The smallest absolute Gasteiger partial charge is 0.219 e. The zero-order chi connectivity index (χ0) is 24.8. The second kappa shape index (κ2) is 8.75. The number of carbonyl (C=O) groups excluding carboxylic acids is 3. The number of Topliss-reactive ketones (excluding diaryl/α,β-unsaturated/α-hetero) is 2. The van der Waals surface area contributed by atoms with Gasteiger partial charge in [-0.25, -0.2) is 0 Å². The Hall–Kier alpha value is -2.83. The van der Waals surface area contributed by atoms with Crippen molar-refractivity contribution in [1.29, 1.82) is 0 Å². The molecular weight excluding hydrogens is 430 g/mol. The summed E-state index contributed by atoms with van der Waals surface area (Å²) in [5.41, 5.74) is 4.09. The van der Waals surface area contributed by atoms with Crippen molar-refractivity contribution in [2.75, 3.05) is 13.2 Å². The molecule has 6 heteroatoms. The number of nitrogens with zero attached hydrogens (tertiary/aromatic N) is 1. The van der Waals surface area contributed by atoms with Crippen LogP contribution in [-0.4, -0.2) is 36.1 Å². The number of hydrogen-bond donors (Lipinski definition) is 0. The summed E-state index contributed by atoms with van der Waals surface area (Å²) in [6.07, 6.45) is 0.330. The van der Waals surface area contributed by atoms with Crippen LogP contribution in [0.25, 0.3) is 0 Å². The molecule has 0 saturated heterocycles. The molecule has 2 aromatic rings. The number of ketones is 2. The molecule has 0 fully saturated rings. The summed E-state index contributed by atoms with van der Waals surface area (Å²) in [5.74, 6) is -0.436. The Morgan fingerprint density at radius 2 is 1.82 bits per heavy atom. The number of fused-ring (bicyclic) bond motifs is 2. The van der Waals surface area contributed by atoms with E-state index in [9.17, 15) is 14.4 Å². The van der Waals surface area contributed by atoms with Gasteiger partial charge in [-0.05, 0) is 33.6 Å². The molecule has 6 nitrogen and oxygen atoms in total. The van der Waals surface area contributed by atoms with Gasteiger partial charge < -0.3 is 4.74 Å². The summed E-state index contributed by atoms with van der Waals surface area (Å²) in [6, 6.07) is 10.8. The van der Waals surface area contributed by atoms with Gasteiger partial charge in [-0.15, -0.1) is 0 Å². The van der Waals surface area contributed by atoms with Crippen LogP contribution in [0.15, 0.2) is 36.4 Å². The van der Waals surface area contributed by atoms with Gasteiger partial charge in [-0.2, -0.15) is 5.06 Å². The van der Waals surface area contributed by atoms with E-state index in [1.54, 1.807) is 0 Å². The van der Waals surface area contributed by atoms with Crippen LogP contribution in [0.2, 0.25) is 0 Å². The predicted molar refractivity (Wildman–Crippen MR) is 129 cm³/mol. The second-order valence-corrected chi connectivity index (χ2v) is 11.3. The van der Waals surface area contributed by atoms with Crippen LogP contribution in [0.1, 0.15) is 80.2 Å². The SMILES string of the molecule is CC(C)(C)c1cc2c(c(C(C)(C)C)c1)OCC(CON1Cc3ccccc3C1C(=O)C=O)C2=O. The molecule has 2 aliphatic rings. The minimum atomic E-state index is -0.791. The van der Waals surface area contributed by atoms with E-state index in [0.29, 0.717) is 24.1 Å². The first-order valence-electron chi connectivity index (χ1n) is 11.7. The van der Waals surface area contributed by atoms with E-state index in [1.165, 1.54) is 5.06 Å². The molecule has 0 saturated carbocycles. The third kappa shape index (κ3) is 4.44. The summed E-state index contributed by atoms with van der Waals surface area (Å²) in [6.45, 7) is 13.4. The molecule has 180 valence electrons. The highest BCUT2D eigenvalue weighted by Gasteiger charge is 2.39. The van der Waals surface area contributed by atoms with Crippen LogP contribution >= 0.6 is 0 Å². The van der Waals surface area contributed by atoms with Gasteiger partial charge in [0, 0.05) is 5.56 Å². The van der Waals surface area contributed by atoms with Gasteiger partial charge in [-0.1, -0.05) is 71.9 Å². The van der Waals surface area contributed by atoms with Gasteiger partial charge in [0.2, 0.25) is 5.78 Å². The van der Waals surface area contributed by atoms with Crippen molar-refractivity contribution in [3.63, 3.8) is 0 Å². The van der Waals surface area contributed by atoms with Gasteiger partial charge in [0.1, 0.15) is 18.4 Å². The lowest BCUT2D eigenvalue weighted by molar-refractivity contribution is -0.196. The molecule has 34 heavy (non-hydrogen) atoms. The molecule has 0 aromatic heterocycles. The van der Waals surface area contributed by atoms with Gasteiger partial charge in [0.05, 0.1) is 24.6 Å². The summed E-state index contributed by atoms with van der Waals surface area (Å²) < 4.78 is 6.16. The molecule has 0 radical (unpaired) electrons. The molecule has 2 heterocycles. The maximum absolute atomic E-state index is 13.6. The van der Waals surface area contributed by atoms with Crippen LogP contribution in [0.3, 0.4) is 0 Å². The van der Waals surface area contributed by atoms with Crippen LogP contribution in [0.5, 0.6) is 5.75 Å². The normalized spacial score (nSPS) is 20.5. The van der Waals surface area contributed by atoms with Crippen molar-refractivity contribution < 1.29 is 24.0 Å². The number of hydroxylamine groups is 2. The highest BCUT2D eigenvalue weighted by molar-refractivity contribution is 6.27. The Morgan fingerprint density at radius 1 is 1.12 bits per heavy atom. The third-order valence-corrected chi connectivity index (χ3v) is 6.62. The first-order valence-corrected chi connectivity index (χ1v) is 11.7. The molecule has 2 aromatic carbocycles. The summed E-state index contributed by atoms with van der Waals surface area (Å²) in [5, 5.41) is 1.51. The molecule has 2 atom stereocenters. The lowest BCUT2D eigenvalue weighted by Gasteiger charge is -2.33. The quantitative estimate of drug-likeness (QED) is 0.472. The second-order valence-electron chi connectivity index (χ2n) is 11.3. The Balaban J connectivity index is 1.59. The minimum Gasteiger partial charge on any atom is -0.492 e. The standard InChI is InChI=1S/C28H33NO5/c1-27(2,3)19-11-21-25(32)18(15-33-26(21)22(12-19)28(4,5)6)16-34-29-13-17-9-7-8-10-20(17)24(29)23(31)14-30/h7-12,14,18,24H,13,15-16H2,1-6H3. The van der Waals surface area contributed by atoms with E-state index in [-0.39, 0.29) is 29.8 Å². The van der Waals surface area contributed by atoms with Crippen molar-refractivity contribution in [3.05, 3.63) is 64.2 Å². The molecule has 0 spiro atoms. The highest BCUT2D eigenvalue weighted by atomic mass is 16.7. The van der Waals surface area contributed by atoms with Crippen molar-refractivity contribution in [1.82, 2.24) is 5.06 Å². The fraction of sp³-hybridized carbons (Fsp3) is 0.464. The Morgan fingerprint density at radius 3 is 2.47 bits per heavy atom. The fourth-order valence-corrected chi connectivity index (χ4v) is 4.59. The number of benzene rings is 2. The monoisotopic (exact) mass is 463 g/mol. The van der Waals surface area contributed by atoms with Gasteiger partial charge in [0.25, 0.3) is 0 Å². The maximum atomic E-state index is 13.6. The Bertz CT molecular complexity index is 1140. The number of carbonyl (C=O) groups is 3. The lowest BCUT2D eigenvalue weighted by Crippen LogP contribution is -2.37. The molecule has 4 rings (SSSR count). The lowest BCUT2D eigenvalue weighted by atomic mass is 9.77. The summed E-state index contributed by atoms with van der Waals surface area (Å²) in [7, 11) is 0. The number of rotatable bonds is 5. The molecule has 2 aliphatic heterocycles. The summed E-state index contributed by atoms with van der Waals surface area (Å²) in [4.78, 5) is 43.2. The molecule has 0 bridgehead atoms. The summed E-state index contributed by atoms with van der Waals surface area (Å²) >= 11 is 0. The van der Waals surface area contributed by atoms with Crippen molar-refractivity contribution in [2.45, 2.75) is 65.0 Å². The van der Waals surface area contributed by atoms with Crippen LogP contribution < -0.4 is 4.74 Å². The third-order valence-electron chi connectivity index (χ3n) is 6.62. The van der Waals surface area contributed by atoms with Gasteiger partial charge in [-0.3, -0.25) is 19.2 Å². The largest absolute Gasteiger partial charge is 0.492 e. The molecule has 0 N–H and O–H groups in total. The molecular formula is C28H33NO5. The zero-order valence-corrected chi connectivity index (χ0v) is 20.8. The Labute approximate surface area is 201 Å². The number of aldehydes is 1. The highest BCUT2D eigenvalue weighted by Crippen LogP contribution is 2.42. The van der Waals surface area contributed by atoms with Gasteiger partial charge >= 0.3 is 0 Å². The Kier molecular flexibility index (Phi) is 6.25. The average Bonchev–Trinajstić information content (AvgIpc) is 3.14. The van der Waals surface area contributed by atoms with E-state index in [1.807, 2.05) is 30.3 Å². The molecule has 0 aliphatic carbocycles. The van der Waals surface area contributed by atoms with E-state index in [2.05, 4.69) is 47.6 Å². The maximum Gasteiger partial charge on any atom is 0.219 e. The molecule has 2 unspecified atom stereocenters. The first-order chi connectivity index (χ1) is 15.9. The van der Waals surface area contributed by atoms with Crippen LogP contribution in [0, 0.1) is 5.92 Å². The topological polar surface area (TPSA) is 72.9 Å². The fourth-order valence-electron chi connectivity index (χ4n) is 4.59. The zero-order valence-electron chi connectivity index (χ0n) is 20.8. The first kappa shape index (κ1) is 24.3. The van der Waals surface area contributed by atoms with E-state index < -0.39 is 17.7 Å². The number of hydrogen-bond acceptors (Lipinski definition) is 6. The average molecular weight is 464 g/mol. The van der Waals surface area contributed by atoms with Crippen molar-refractivity contribution in [3.8, 4) is 5.75 Å². The van der Waals surface area contributed by atoms with Crippen LogP contribution in [-0.2, 0) is 31.8 Å². The van der Waals surface area contributed by atoms with Crippen molar-refractivity contribution in [2.24, 2.45) is 5.92 Å². The minimum absolute atomic E-state index is 0.0205. The number of ether oxygens (including phenoxy) is 1. The van der Waals surface area contributed by atoms with E-state index in [0.717, 1.165) is 22.3 Å². The van der Waals surface area contributed by atoms with Gasteiger partial charge in [0.15, 0.2) is 12.1 Å². The van der Waals surface area contributed by atoms with E-state index in [4.69, 9.17) is 9.57 Å². The van der Waals surface area contributed by atoms with Crippen molar-refractivity contribution >= 4 is 17.9 Å². The van der Waals surface area contributed by atoms with E-state index >= 15 is 0 Å². The molecule has 0 amide bonds. The van der Waals surface area contributed by atoms with Crippen LogP contribution in [0.4, 0.5) is 0 Å².